The third-order valence-electron chi connectivity index (χ3n) is 1.58. The number of hydrogen-bond donors (Lipinski definition) is 3. The molecule has 5 N–H and O–H groups in total. The standard InChI is InChI=1S/C9H16FN3O2.ClH/c1-6(11)13-4-2-3-7(10)5-8(12)9(14)15;/h5,8H,2-4,12H2,1H3,(H2,11,13)(H,14,15);1H/b7-5-;/t8-;/m0./s1. The number of nitrogens with two attached hydrogens (primary N) is 2. The molecule has 0 unspecified atom stereocenters. The Bertz CT molecular complexity index is 278. The van der Waals surface area contributed by atoms with Crippen molar-refractivity contribution >= 4 is 24.2 Å². The quantitative estimate of drug-likeness (QED) is 0.371. The van der Waals surface area contributed by atoms with Crippen LogP contribution in [0.3, 0.4) is 0 Å². The van der Waals surface area contributed by atoms with Gasteiger partial charge in [0.1, 0.15) is 6.04 Å². The van der Waals surface area contributed by atoms with E-state index in [0.29, 0.717) is 18.8 Å². The molecule has 0 aromatic rings. The van der Waals surface area contributed by atoms with Crippen molar-refractivity contribution in [2.24, 2.45) is 16.5 Å². The number of nitrogens with zero attached hydrogens (tertiary/aromatic N) is 1. The summed E-state index contributed by atoms with van der Waals surface area (Å²) in [5, 5.41) is 8.40. The number of aliphatic imine (C=N–C) groups is 1. The molecule has 0 radical (unpaired) electrons. The van der Waals surface area contributed by atoms with Crippen molar-refractivity contribution in [1.82, 2.24) is 0 Å². The van der Waals surface area contributed by atoms with E-state index in [4.69, 9.17) is 16.6 Å². The Hall–Kier alpha value is -1.14. The molecule has 0 aromatic carbocycles. The van der Waals surface area contributed by atoms with Crippen LogP contribution < -0.4 is 11.5 Å². The van der Waals surface area contributed by atoms with Crippen LogP contribution in [0.15, 0.2) is 16.9 Å². The maximum absolute atomic E-state index is 13.0. The zero-order valence-electron chi connectivity index (χ0n) is 9.02. The number of allylic oxidation sites excluding steroid dienone is 1. The summed E-state index contributed by atoms with van der Waals surface area (Å²) in [5.41, 5.74) is 10.4. The summed E-state index contributed by atoms with van der Waals surface area (Å²) >= 11 is 0. The zero-order valence-corrected chi connectivity index (χ0v) is 9.84. The molecule has 0 aliphatic heterocycles. The molecular formula is C9H17ClFN3O2. The Labute approximate surface area is 99.8 Å². The van der Waals surface area contributed by atoms with E-state index in [1.165, 1.54) is 0 Å². The number of hydrogen-bond acceptors (Lipinski definition) is 3. The fourth-order valence-corrected chi connectivity index (χ4v) is 0.853. The minimum atomic E-state index is -1.29. The average molecular weight is 254 g/mol. The molecule has 0 saturated carbocycles. The van der Waals surface area contributed by atoms with Gasteiger partial charge in [0.25, 0.3) is 0 Å². The van der Waals surface area contributed by atoms with Gasteiger partial charge in [-0.05, 0) is 19.4 Å². The number of carboxylic acids is 1. The summed E-state index contributed by atoms with van der Waals surface area (Å²) in [6, 6.07) is -1.29. The van der Waals surface area contributed by atoms with Crippen LogP contribution in [0.1, 0.15) is 19.8 Å². The first-order valence-corrected chi connectivity index (χ1v) is 4.54. The topological polar surface area (TPSA) is 102 Å². The predicted octanol–water partition coefficient (Wildman–Crippen LogP) is 0.831. The van der Waals surface area contributed by atoms with Crippen LogP contribution in [-0.2, 0) is 4.79 Å². The highest BCUT2D eigenvalue weighted by atomic mass is 35.5. The van der Waals surface area contributed by atoms with Crippen molar-refractivity contribution in [2.75, 3.05) is 6.54 Å². The lowest BCUT2D eigenvalue weighted by atomic mass is 10.2. The van der Waals surface area contributed by atoms with Crippen molar-refractivity contribution in [3.05, 3.63) is 11.9 Å². The molecular weight excluding hydrogens is 237 g/mol. The van der Waals surface area contributed by atoms with Crippen LogP contribution in [0.4, 0.5) is 4.39 Å². The number of halogens is 2. The second kappa shape index (κ2) is 9.11. The number of amidine groups is 1. The molecule has 0 bridgehead atoms. The van der Waals surface area contributed by atoms with Crippen LogP contribution in [0, 0.1) is 0 Å². The smallest absolute Gasteiger partial charge is 0.324 e. The van der Waals surface area contributed by atoms with Gasteiger partial charge in [-0.3, -0.25) is 9.79 Å². The van der Waals surface area contributed by atoms with E-state index in [1.807, 2.05) is 0 Å². The summed E-state index contributed by atoms with van der Waals surface area (Å²) in [6.45, 7) is 2.07. The summed E-state index contributed by atoms with van der Waals surface area (Å²) in [7, 11) is 0. The van der Waals surface area contributed by atoms with Crippen LogP contribution in [0.2, 0.25) is 0 Å². The summed E-state index contributed by atoms with van der Waals surface area (Å²) in [4.78, 5) is 14.1. The molecule has 0 saturated heterocycles. The van der Waals surface area contributed by atoms with E-state index in [9.17, 15) is 9.18 Å². The normalized spacial score (nSPS) is 14.2. The first kappa shape index (κ1) is 17.3. The van der Waals surface area contributed by atoms with Gasteiger partial charge in [0.2, 0.25) is 0 Å². The Morgan fingerprint density at radius 2 is 2.19 bits per heavy atom. The first-order valence-electron chi connectivity index (χ1n) is 4.54. The minimum Gasteiger partial charge on any atom is -0.480 e. The Kier molecular flexibility index (Phi) is 9.83. The Morgan fingerprint density at radius 1 is 1.62 bits per heavy atom. The molecule has 0 aliphatic carbocycles. The van der Waals surface area contributed by atoms with Crippen molar-refractivity contribution < 1.29 is 14.3 Å². The van der Waals surface area contributed by atoms with Crippen LogP contribution in [-0.4, -0.2) is 29.5 Å². The number of aliphatic carboxylic acids is 1. The van der Waals surface area contributed by atoms with Crippen LogP contribution in [0.25, 0.3) is 0 Å². The Balaban J connectivity index is 0. The maximum Gasteiger partial charge on any atom is 0.324 e. The van der Waals surface area contributed by atoms with Crippen molar-refractivity contribution in [1.29, 1.82) is 0 Å². The SMILES string of the molecule is CC(N)=NCCC/C(F)=C/[C@H](N)C(=O)O.Cl. The summed E-state index contributed by atoms with van der Waals surface area (Å²) in [6.07, 6.45) is 1.49. The van der Waals surface area contributed by atoms with Crippen molar-refractivity contribution in [3.8, 4) is 0 Å². The molecule has 0 aromatic heterocycles. The molecule has 0 heterocycles. The minimum absolute atomic E-state index is 0. The number of carbonyl (C=O) groups is 1. The number of rotatable bonds is 6. The van der Waals surface area contributed by atoms with E-state index in [1.54, 1.807) is 6.92 Å². The van der Waals surface area contributed by atoms with Crippen LogP contribution >= 0.6 is 12.4 Å². The molecule has 7 heteroatoms. The second-order valence-corrected chi connectivity index (χ2v) is 3.10. The predicted molar refractivity (Wildman–Crippen MR) is 63.4 cm³/mol. The summed E-state index contributed by atoms with van der Waals surface area (Å²) in [5.74, 6) is -1.34. The third-order valence-corrected chi connectivity index (χ3v) is 1.58. The van der Waals surface area contributed by atoms with Gasteiger partial charge >= 0.3 is 5.97 Å². The maximum atomic E-state index is 13.0. The highest BCUT2D eigenvalue weighted by molar-refractivity contribution is 5.85. The van der Waals surface area contributed by atoms with Gasteiger partial charge in [0.15, 0.2) is 0 Å². The molecule has 0 fully saturated rings. The van der Waals surface area contributed by atoms with Gasteiger partial charge in [-0.2, -0.15) is 0 Å². The lowest BCUT2D eigenvalue weighted by molar-refractivity contribution is -0.137. The lowest BCUT2D eigenvalue weighted by Crippen LogP contribution is -2.27. The lowest BCUT2D eigenvalue weighted by Gasteiger charge is -2.00. The van der Waals surface area contributed by atoms with E-state index < -0.39 is 17.8 Å². The monoisotopic (exact) mass is 253 g/mol. The molecule has 0 amide bonds. The highest BCUT2D eigenvalue weighted by Crippen LogP contribution is 2.07. The average Bonchev–Trinajstić information content (AvgIpc) is 2.12. The third kappa shape index (κ3) is 9.42. The number of carboxylic acid groups (broad SMARTS) is 1. The molecule has 16 heavy (non-hydrogen) atoms. The fourth-order valence-electron chi connectivity index (χ4n) is 0.853. The van der Waals surface area contributed by atoms with Gasteiger partial charge in [-0.1, -0.05) is 0 Å². The molecule has 94 valence electrons. The van der Waals surface area contributed by atoms with Gasteiger partial charge in [0.05, 0.1) is 11.7 Å². The molecule has 0 rings (SSSR count). The first-order chi connectivity index (χ1) is 6.93. The van der Waals surface area contributed by atoms with E-state index in [-0.39, 0.29) is 18.8 Å². The molecule has 5 nitrogen and oxygen atoms in total. The van der Waals surface area contributed by atoms with Crippen molar-refractivity contribution in [3.63, 3.8) is 0 Å². The molecule has 0 spiro atoms. The van der Waals surface area contributed by atoms with Crippen molar-refractivity contribution in [2.45, 2.75) is 25.8 Å². The highest BCUT2D eigenvalue weighted by Gasteiger charge is 2.09. The van der Waals surface area contributed by atoms with Gasteiger partial charge in [-0.15, -0.1) is 12.4 Å². The zero-order chi connectivity index (χ0) is 11.8. The molecule has 0 aliphatic rings. The second-order valence-electron chi connectivity index (χ2n) is 3.10. The Morgan fingerprint density at radius 3 is 2.62 bits per heavy atom. The van der Waals surface area contributed by atoms with E-state index in [0.717, 1.165) is 6.08 Å². The van der Waals surface area contributed by atoms with Gasteiger partial charge in [0, 0.05) is 13.0 Å². The van der Waals surface area contributed by atoms with Gasteiger partial charge in [-0.25, -0.2) is 4.39 Å². The molecule has 1 atom stereocenters. The van der Waals surface area contributed by atoms with Gasteiger partial charge < -0.3 is 16.6 Å². The van der Waals surface area contributed by atoms with E-state index >= 15 is 0 Å². The largest absolute Gasteiger partial charge is 0.480 e. The fraction of sp³-hybridized carbons (Fsp3) is 0.556. The van der Waals surface area contributed by atoms with E-state index in [2.05, 4.69) is 4.99 Å². The summed E-state index contributed by atoms with van der Waals surface area (Å²) < 4.78 is 13.0. The van der Waals surface area contributed by atoms with Crippen LogP contribution in [0.5, 0.6) is 0 Å².